The molecule has 1 saturated carbocycles. The fourth-order valence-corrected chi connectivity index (χ4v) is 2.63. The molecule has 0 heterocycles. The molecule has 0 saturated heterocycles. The van der Waals surface area contributed by atoms with Gasteiger partial charge in [-0.15, -0.1) is 0 Å². The van der Waals surface area contributed by atoms with E-state index in [9.17, 15) is 0 Å². The Morgan fingerprint density at radius 1 is 1.12 bits per heavy atom. The van der Waals surface area contributed by atoms with Crippen molar-refractivity contribution < 1.29 is 0 Å². The van der Waals surface area contributed by atoms with Crippen LogP contribution in [0.1, 0.15) is 44.6 Å². The van der Waals surface area contributed by atoms with Crippen molar-refractivity contribution in [2.24, 2.45) is 11.8 Å². The zero-order valence-electron chi connectivity index (χ0n) is 11.2. The molecule has 1 atom stereocenters. The second-order valence-corrected chi connectivity index (χ2v) is 5.76. The molecule has 17 heavy (non-hydrogen) atoms. The Labute approximate surface area is 106 Å². The van der Waals surface area contributed by atoms with E-state index < -0.39 is 0 Å². The molecular formula is C16H25N. The molecule has 1 nitrogen and oxygen atoms in total. The zero-order valence-corrected chi connectivity index (χ0v) is 11.2. The first-order valence-electron chi connectivity index (χ1n) is 7.03. The van der Waals surface area contributed by atoms with Crippen LogP contribution >= 0.6 is 0 Å². The van der Waals surface area contributed by atoms with Crippen molar-refractivity contribution in [1.29, 1.82) is 0 Å². The maximum Gasteiger partial charge on any atom is 0.00229 e. The van der Waals surface area contributed by atoms with E-state index in [0.717, 1.165) is 30.8 Å². The third-order valence-electron chi connectivity index (χ3n) is 3.86. The van der Waals surface area contributed by atoms with Crippen molar-refractivity contribution in [3.05, 3.63) is 35.9 Å². The number of nitrogens with one attached hydrogen (secondary N) is 1. The van der Waals surface area contributed by atoms with Crippen LogP contribution in [0.5, 0.6) is 0 Å². The maximum atomic E-state index is 3.63. The monoisotopic (exact) mass is 231 g/mol. The summed E-state index contributed by atoms with van der Waals surface area (Å²) < 4.78 is 0. The Kier molecular flexibility index (Phi) is 4.61. The van der Waals surface area contributed by atoms with Gasteiger partial charge < -0.3 is 5.32 Å². The first-order chi connectivity index (χ1) is 8.27. The Hall–Kier alpha value is -0.820. The number of hydrogen-bond donors (Lipinski definition) is 1. The number of benzene rings is 1. The molecule has 0 amide bonds. The van der Waals surface area contributed by atoms with E-state index in [1.54, 1.807) is 0 Å². The summed E-state index contributed by atoms with van der Waals surface area (Å²) in [5.74, 6) is 2.38. The van der Waals surface area contributed by atoms with Crippen LogP contribution < -0.4 is 5.32 Å². The van der Waals surface area contributed by atoms with Gasteiger partial charge in [-0.3, -0.25) is 0 Å². The largest absolute Gasteiger partial charge is 0.316 e. The number of hydrogen-bond acceptors (Lipinski definition) is 1. The molecule has 0 bridgehead atoms. The molecule has 1 aromatic rings. The highest BCUT2D eigenvalue weighted by Gasteiger charge is 2.27. The standard InChI is InChI=1S/C16H25N/c1-13(2)11-17-12-16(15-9-6-10-15)14-7-4-3-5-8-14/h3-5,7-8,13,15-17H,6,9-12H2,1-2H3. The lowest BCUT2D eigenvalue weighted by Gasteiger charge is -2.34. The summed E-state index contributed by atoms with van der Waals surface area (Å²) in [5.41, 5.74) is 1.52. The lowest BCUT2D eigenvalue weighted by Crippen LogP contribution is -2.31. The van der Waals surface area contributed by atoms with Gasteiger partial charge in [-0.25, -0.2) is 0 Å². The summed E-state index contributed by atoms with van der Waals surface area (Å²) in [7, 11) is 0. The molecule has 0 spiro atoms. The highest BCUT2D eigenvalue weighted by atomic mass is 14.9. The lowest BCUT2D eigenvalue weighted by atomic mass is 9.73. The van der Waals surface area contributed by atoms with Gasteiger partial charge in [-0.05, 0) is 42.7 Å². The van der Waals surface area contributed by atoms with Crippen molar-refractivity contribution in [2.45, 2.75) is 39.0 Å². The molecule has 0 aromatic heterocycles. The van der Waals surface area contributed by atoms with Gasteiger partial charge in [0.05, 0.1) is 0 Å². The van der Waals surface area contributed by atoms with Gasteiger partial charge in [0.1, 0.15) is 0 Å². The molecular weight excluding hydrogens is 206 g/mol. The fraction of sp³-hybridized carbons (Fsp3) is 0.625. The summed E-state index contributed by atoms with van der Waals surface area (Å²) in [6.07, 6.45) is 4.27. The summed E-state index contributed by atoms with van der Waals surface area (Å²) in [4.78, 5) is 0. The normalized spacial score (nSPS) is 18.1. The Morgan fingerprint density at radius 3 is 2.35 bits per heavy atom. The van der Waals surface area contributed by atoms with E-state index in [0.29, 0.717) is 0 Å². The van der Waals surface area contributed by atoms with Crippen molar-refractivity contribution in [3.63, 3.8) is 0 Å². The van der Waals surface area contributed by atoms with Gasteiger partial charge >= 0.3 is 0 Å². The van der Waals surface area contributed by atoms with Gasteiger partial charge in [0.15, 0.2) is 0 Å². The topological polar surface area (TPSA) is 12.0 Å². The second kappa shape index (κ2) is 6.20. The number of rotatable bonds is 6. The van der Waals surface area contributed by atoms with E-state index in [4.69, 9.17) is 0 Å². The molecule has 1 unspecified atom stereocenters. The third kappa shape index (κ3) is 3.57. The lowest BCUT2D eigenvalue weighted by molar-refractivity contribution is 0.253. The molecule has 94 valence electrons. The van der Waals surface area contributed by atoms with E-state index in [1.165, 1.54) is 24.8 Å². The van der Waals surface area contributed by atoms with E-state index in [2.05, 4.69) is 49.5 Å². The van der Waals surface area contributed by atoms with Crippen LogP contribution in [-0.4, -0.2) is 13.1 Å². The van der Waals surface area contributed by atoms with Crippen LogP contribution in [0.3, 0.4) is 0 Å². The fourth-order valence-electron chi connectivity index (χ4n) is 2.63. The smallest absolute Gasteiger partial charge is 0.00229 e. The van der Waals surface area contributed by atoms with Crippen LogP contribution in [0.2, 0.25) is 0 Å². The molecule has 0 radical (unpaired) electrons. The molecule has 1 aliphatic rings. The first-order valence-corrected chi connectivity index (χ1v) is 7.03. The Balaban J connectivity index is 1.94. The zero-order chi connectivity index (χ0) is 12.1. The van der Waals surface area contributed by atoms with E-state index in [-0.39, 0.29) is 0 Å². The van der Waals surface area contributed by atoms with Gasteiger partial charge in [-0.2, -0.15) is 0 Å². The van der Waals surface area contributed by atoms with Gasteiger partial charge in [-0.1, -0.05) is 50.6 Å². The average Bonchev–Trinajstić information content (AvgIpc) is 2.26. The van der Waals surface area contributed by atoms with Gasteiger partial charge in [0, 0.05) is 6.54 Å². The molecule has 1 aliphatic carbocycles. The van der Waals surface area contributed by atoms with Crippen LogP contribution in [-0.2, 0) is 0 Å². The van der Waals surface area contributed by atoms with Crippen LogP contribution in [0.15, 0.2) is 30.3 Å². The third-order valence-corrected chi connectivity index (χ3v) is 3.86. The highest BCUT2D eigenvalue weighted by molar-refractivity contribution is 5.21. The molecule has 2 rings (SSSR count). The summed E-state index contributed by atoms with van der Waals surface area (Å²) in [6, 6.07) is 11.0. The minimum Gasteiger partial charge on any atom is -0.316 e. The van der Waals surface area contributed by atoms with Crippen LogP contribution in [0.25, 0.3) is 0 Å². The van der Waals surface area contributed by atoms with Gasteiger partial charge in [0.2, 0.25) is 0 Å². The van der Waals surface area contributed by atoms with Gasteiger partial charge in [0.25, 0.3) is 0 Å². The van der Waals surface area contributed by atoms with Crippen molar-refractivity contribution >= 4 is 0 Å². The van der Waals surface area contributed by atoms with Crippen LogP contribution in [0, 0.1) is 11.8 Å². The molecule has 1 aromatic carbocycles. The minimum atomic E-state index is 0.726. The summed E-state index contributed by atoms with van der Waals surface area (Å²) in [6.45, 7) is 6.82. The molecule has 0 aliphatic heterocycles. The Morgan fingerprint density at radius 2 is 1.82 bits per heavy atom. The Bertz CT molecular complexity index is 314. The van der Waals surface area contributed by atoms with E-state index >= 15 is 0 Å². The predicted molar refractivity (Wildman–Crippen MR) is 74.2 cm³/mol. The van der Waals surface area contributed by atoms with Crippen molar-refractivity contribution in [1.82, 2.24) is 5.32 Å². The second-order valence-electron chi connectivity index (χ2n) is 5.76. The molecule has 1 fully saturated rings. The quantitative estimate of drug-likeness (QED) is 0.785. The maximum absolute atomic E-state index is 3.63. The summed E-state index contributed by atoms with van der Waals surface area (Å²) >= 11 is 0. The van der Waals surface area contributed by atoms with Crippen LogP contribution in [0.4, 0.5) is 0 Å². The first kappa shape index (κ1) is 12.6. The predicted octanol–water partition coefficient (Wildman–Crippen LogP) is 3.82. The summed E-state index contributed by atoms with van der Waals surface area (Å²) in [5, 5.41) is 3.63. The average molecular weight is 231 g/mol. The highest BCUT2D eigenvalue weighted by Crippen LogP contribution is 2.38. The molecule has 1 heteroatoms. The van der Waals surface area contributed by atoms with Crippen molar-refractivity contribution in [3.8, 4) is 0 Å². The van der Waals surface area contributed by atoms with E-state index in [1.807, 2.05) is 0 Å². The van der Waals surface area contributed by atoms with Crippen molar-refractivity contribution in [2.75, 3.05) is 13.1 Å². The SMILES string of the molecule is CC(C)CNCC(c1ccccc1)C1CCC1. The molecule has 1 N–H and O–H groups in total. The minimum absolute atomic E-state index is 0.726.